The van der Waals surface area contributed by atoms with Crippen molar-refractivity contribution in [2.75, 3.05) is 39.6 Å². The zero-order valence-electron chi connectivity index (χ0n) is 58.8. The van der Waals surface area contributed by atoms with E-state index in [1.807, 2.05) is 0 Å². The van der Waals surface area contributed by atoms with E-state index in [0.717, 1.165) is 96.3 Å². The van der Waals surface area contributed by atoms with Gasteiger partial charge in [-0.3, -0.25) is 37.3 Å². The number of rotatable bonds is 73. The van der Waals surface area contributed by atoms with Crippen molar-refractivity contribution in [1.29, 1.82) is 0 Å². The first kappa shape index (κ1) is 89.1. The fourth-order valence-electron chi connectivity index (χ4n) is 11.0. The highest BCUT2D eigenvalue weighted by Gasteiger charge is 2.30. The van der Waals surface area contributed by atoms with Crippen molar-refractivity contribution >= 4 is 39.5 Å². The molecule has 3 N–H and O–H groups in total. The zero-order chi connectivity index (χ0) is 66.8. The van der Waals surface area contributed by atoms with E-state index >= 15 is 0 Å². The minimum Gasteiger partial charge on any atom is -0.462 e. The molecule has 540 valence electrons. The molecule has 0 fully saturated rings. The van der Waals surface area contributed by atoms with Crippen LogP contribution in [0.5, 0.6) is 0 Å². The molecule has 0 aromatic rings. The molecular formula is C72H140O17P2. The Bertz CT molecular complexity index is 1740. The highest BCUT2D eigenvalue weighted by Crippen LogP contribution is 2.45. The number of ether oxygens (including phenoxy) is 4. The summed E-state index contributed by atoms with van der Waals surface area (Å²) in [4.78, 5) is 72.5. The van der Waals surface area contributed by atoms with Gasteiger partial charge in [0, 0.05) is 25.7 Å². The van der Waals surface area contributed by atoms with Crippen molar-refractivity contribution in [1.82, 2.24) is 0 Å². The van der Waals surface area contributed by atoms with Crippen LogP contribution in [0.1, 0.15) is 381 Å². The lowest BCUT2D eigenvalue weighted by molar-refractivity contribution is -0.161. The molecule has 0 aliphatic rings. The molecule has 0 saturated carbocycles. The Morgan fingerprint density at radius 3 is 0.648 bits per heavy atom. The molecule has 5 atom stereocenters. The normalized spacial score (nSPS) is 14.0. The van der Waals surface area contributed by atoms with Crippen molar-refractivity contribution in [3.05, 3.63) is 0 Å². The van der Waals surface area contributed by atoms with Crippen LogP contribution in [0.4, 0.5) is 0 Å². The minimum atomic E-state index is -4.95. The summed E-state index contributed by atoms with van der Waals surface area (Å²) in [5, 5.41) is 10.6. The quantitative estimate of drug-likeness (QED) is 0.0222. The average molecular weight is 1340 g/mol. The van der Waals surface area contributed by atoms with Gasteiger partial charge in [0.15, 0.2) is 12.2 Å². The van der Waals surface area contributed by atoms with Crippen molar-refractivity contribution in [2.45, 2.75) is 399 Å². The number of aliphatic hydroxyl groups is 1. The molecule has 0 radical (unpaired) electrons. The number of carbonyl (C=O) groups is 4. The van der Waals surface area contributed by atoms with Crippen LogP contribution >= 0.6 is 15.6 Å². The maximum Gasteiger partial charge on any atom is 0.472 e. The fraction of sp³-hybridized carbons (Fsp3) is 0.944. The molecule has 0 rings (SSSR count). The van der Waals surface area contributed by atoms with Crippen LogP contribution in [0.2, 0.25) is 0 Å². The summed E-state index contributed by atoms with van der Waals surface area (Å²) in [5.74, 6) is -2.12. The van der Waals surface area contributed by atoms with E-state index < -0.39 is 97.5 Å². The van der Waals surface area contributed by atoms with Gasteiger partial charge in [0.05, 0.1) is 26.4 Å². The summed E-state index contributed by atoms with van der Waals surface area (Å²) in [6.45, 7) is 4.93. The molecule has 2 unspecified atom stereocenters. The summed E-state index contributed by atoms with van der Waals surface area (Å²) < 4.78 is 68.3. The van der Waals surface area contributed by atoms with Gasteiger partial charge in [-0.05, 0) is 25.7 Å². The molecule has 91 heavy (non-hydrogen) atoms. The van der Waals surface area contributed by atoms with Crippen molar-refractivity contribution in [2.24, 2.45) is 0 Å². The SMILES string of the molecule is CCCCCCCCCCCCCCCCCCCCC(=O)O[C@H](COC(=O)CCCCCCCCCCCCCCCCC)COP(=O)(O)OC[C@@H](O)COP(=O)(O)OC[C@@H](COC(=O)CCCCCCCCCC)OC(=O)CCCCCCCCCCCC. The van der Waals surface area contributed by atoms with Crippen LogP contribution in [0.15, 0.2) is 0 Å². The first-order chi connectivity index (χ1) is 44.2. The Hall–Kier alpha value is -1.94. The number of aliphatic hydroxyl groups excluding tert-OH is 1. The van der Waals surface area contributed by atoms with Crippen LogP contribution in [0, 0.1) is 0 Å². The number of phosphoric ester groups is 2. The second-order valence-corrected chi connectivity index (χ2v) is 28.9. The highest BCUT2D eigenvalue weighted by atomic mass is 31.2. The van der Waals surface area contributed by atoms with Gasteiger partial charge in [0.2, 0.25) is 0 Å². The molecule has 0 spiro atoms. The molecule has 0 amide bonds. The Balaban J connectivity index is 5.19. The van der Waals surface area contributed by atoms with E-state index in [4.69, 9.17) is 37.0 Å². The highest BCUT2D eigenvalue weighted by molar-refractivity contribution is 7.47. The molecule has 0 aromatic carbocycles. The van der Waals surface area contributed by atoms with Crippen molar-refractivity contribution in [3.8, 4) is 0 Å². The van der Waals surface area contributed by atoms with Crippen LogP contribution in [0.25, 0.3) is 0 Å². The van der Waals surface area contributed by atoms with Crippen molar-refractivity contribution in [3.63, 3.8) is 0 Å². The number of carbonyl (C=O) groups excluding carboxylic acids is 4. The van der Waals surface area contributed by atoms with Gasteiger partial charge in [-0.15, -0.1) is 0 Å². The minimum absolute atomic E-state index is 0.107. The topological polar surface area (TPSA) is 237 Å². The average Bonchev–Trinajstić information content (AvgIpc) is 3.54. The van der Waals surface area contributed by atoms with E-state index in [1.165, 1.54) is 205 Å². The fourth-order valence-corrected chi connectivity index (χ4v) is 12.6. The van der Waals surface area contributed by atoms with Gasteiger partial charge in [0.25, 0.3) is 0 Å². The molecular weight excluding hydrogens is 1200 g/mol. The predicted octanol–water partition coefficient (Wildman–Crippen LogP) is 21.1. The molecule has 0 aliphatic heterocycles. The Morgan fingerprint density at radius 2 is 0.440 bits per heavy atom. The summed E-state index contributed by atoms with van der Waals surface area (Å²) in [6, 6.07) is 0. The predicted molar refractivity (Wildman–Crippen MR) is 368 cm³/mol. The lowest BCUT2D eigenvalue weighted by Crippen LogP contribution is -2.30. The van der Waals surface area contributed by atoms with Crippen LogP contribution in [-0.4, -0.2) is 96.7 Å². The first-order valence-corrected chi connectivity index (χ1v) is 40.8. The van der Waals surface area contributed by atoms with Crippen molar-refractivity contribution < 1.29 is 80.2 Å². The maximum absolute atomic E-state index is 13.0. The third-order valence-corrected chi connectivity index (χ3v) is 18.8. The molecule has 0 heterocycles. The molecule has 19 heteroatoms. The smallest absolute Gasteiger partial charge is 0.462 e. The third-order valence-electron chi connectivity index (χ3n) is 16.9. The van der Waals surface area contributed by atoms with Gasteiger partial charge in [-0.2, -0.15) is 0 Å². The van der Waals surface area contributed by atoms with Gasteiger partial charge >= 0.3 is 39.5 Å². The Morgan fingerprint density at radius 1 is 0.264 bits per heavy atom. The lowest BCUT2D eigenvalue weighted by atomic mass is 10.0. The van der Waals surface area contributed by atoms with E-state index in [2.05, 4.69) is 27.7 Å². The van der Waals surface area contributed by atoms with Gasteiger partial charge < -0.3 is 33.8 Å². The van der Waals surface area contributed by atoms with E-state index in [0.29, 0.717) is 25.7 Å². The summed E-state index contributed by atoms with van der Waals surface area (Å²) in [7, 11) is -9.90. The molecule has 17 nitrogen and oxygen atoms in total. The van der Waals surface area contributed by atoms with Crippen LogP contribution in [-0.2, 0) is 65.4 Å². The molecule has 0 saturated heterocycles. The Kier molecular flexibility index (Phi) is 65.2. The van der Waals surface area contributed by atoms with Gasteiger partial charge in [-0.1, -0.05) is 329 Å². The lowest BCUT2D eigenvalue weighted by Gasteiger charge is -2.21. The number of hydrogen-bond donors (Lipinski definition) is 3. The Labute approximate surface area is 556 Å². The summed E-state index contributed by atoms with van der Waals surface area (Å²) >= 11 is 0. The molecule has 0 bridgehead atoms. The number of unbranched alkanes of at least 4 members (excludes halogenated alkanes) is 47. The monoisotopic (exact) mass is 1340 g/mol. The third kappa shape index (κ3) is 66.5. The summed E-state index contributed by atoms with van der Waals surface area (Å²) in [6.07, 6.45) is 55.5. The first-order valence-electron chi connectivity index (χ1n) is 37.8. The van der Waals surface area contributed by atoms with Gasteiger partial charge in [-0.25, -0.2) is 9.13 Å². The van der Waals surface area contributed by atoms with Gasteiger partial charge in [0.1, 0.15) is 19.3 Å². The van der Waals surface area contributed by atoms with E-state index in [1.54, 1.807) is 0 Å². The number of phosphoric acid groups is 2. The van der Waals surface area contributed by atoms with Crippen LogP contribution < -0.4 is 0 Å². The standard InChI is InChI=1S/C72H140O17P2/c1-5-9-13-17-21-25-28-30-32-33-34-36-38-40-43-47-51-55-59-72(77)89-68(63-83-70(75)57-53-49-45-42-39-37-35-31-29-26-22-18-14-10-6-2)65-87-91(80,81)85-61-66(73)60-84-90(78,79)86-64-67(62-82-69(74)56-52-48-44-24-20-16-12-8-4)88-71(76)58-54-50-46-41-27-23-19-15-11-7-3/h66-68,73H,5-65H2,1-4H3,(H,78,79)(H,80,81)/t66-,67+,68+/m0/s1. The van der Waals surface area contributed by atoms with E-state index in [9.17, 15) is 43.2 Å². The summed E-state index contributed by atoms with van der Waals surface area (Å²) in [5.41, 5.74) is 0. The number of hydrogen-bond acceptors (Lipinski definition) is 15. The largest absolute Gasteiger partial charge is 0.472 e. The molecule has 0 aliphatic carbocycles. The number of esters is 4. The second-order valence-electron chi connectivity index (χ2n) is 26.0. The molecule has 0 aromatic heterocycles. The zero-order valence-corrected chi connectivity index (χ0v) is 60.6. The second kappa shape index (κ2) is 66.7. The van der Waals surface area contributed by atoms with Crippen LogP contribution in [0.3, 0.4) is 0 Å². The van der Waals surface area contributed by atoms with E-state index in [-0.39, 0.29) is 25.7 Å². The maximum atomic E-state index is 13.0.